The van der Waals surface area contributed by atoms with Gasteiger partial charge in [0.1, 0.15) is 5.54 Å². The number of nitrogens with one attached hydrogen (secondary N) is 1. The van der Waals surface area contributed by atoms with Crippen LogP contribution in [0, 0.1) is 5.92 Å². The highest BCUT2D eigenvalue weighted by atomic mass is 16.4. The zero-order valence-electron chi connectivity index (χ0n) is 11.7. The quantitative estimate of drug-likeness (QED) is 0.824. The number of nitrogens with zero attached hydrogens (tertiary/aromatic N) is 1. The summed E-state index contributed by atoms with van der Waals surface area (Å²) in [7, 11) is 0. The number of rotatable bonds is 3. The molecule has 2 aliphatic rings. The molecule has 0 aromatic heterocycles. The number of urea groups is 1. The molecular weight excluding hydrogens is 244 g/mol. The molecule has 2 N–H and O–H groups in total. The van der Waals surface area contributed by atoms with Crippen LogP contribution < -0.4 is 5.32 Å². The molecule has 1 atom stereocenters. The monoisotopic (exact) mass is 268 g/mol. The Morgan fingerprint density at radius 2 is 2.00 bits per heavy atom. The Morgan fingerprint density at radius 1 is 1.32 bits per heavy atom. The Bertz CT molecular complexity index is 351. The molecule has 0 aromatic rings. The van der Waals surface area contributed by atoms with Gasteiger partial charge in [0.2, 0.25) is 0 Å². The highest BCUT2D eigenvalue weighted by Crippen LogP contribution is 2.29. The van der Waals surface area contributed by atoms with E-state index in [4.69, 9.17) is 0 Å². The van der Waals surface area contributed by atoms with Gasteiger partial charge in [-0.3, -0.25) is 0 Å². The van der Waals surface area contributed by atoms with Crippen LogP contribution in [0.4, 0.5) is 4.79 Å². The Balaban J connectivity index is 1.98. The van der Waals surface area contributed by atoms with E-state index in [9.17, 15) is 14.7 Å². The number of hydrogen-bond donors (Lipinski definition) is 2. The van der Waals surface area contributed by atoms with Crippen molar-refractivity contribution < 1.29 is 14.7 Å². The van der Waals surface area contributed by atoms with Crippen molar-refractivity contribution in [1.82, 2.24) is 10.2 Å². The molecule has 5 heteroatoms. The summed E-state index contributed by atoms with van der Waals surface area (Å²) < 4.78 is 0. The lowest BCUT2D eigenvalue weighted by molar-refractivity contribution is -0.145. The molecule has 2 fully saturated rings. The van der Waals surface area contributed by atoms with E-state index in [1.807, 2.05) is 0 Å². The maximum Gasteiger partial charge on any atom is 0.329 e. The summed E-state index contributed by atoms with van der Waals surface area (Å²) in [5.41, 5.74) is -1.03. The molecule has 0 aromatic carbocycles. The van der Waals surface area contributed by atoms with Crippen LogP contribution in [0.5, 0.6) is 0 Å². The van der Waals surface area contributed by atoms with Crippen molar-refractivity contribution in [3.63, 3.8) is 0 Å². The van der Waals surface area contributed by atoms with Gasteiger partial charge >= 0.3 is 12.0 Å². The van der Waals surface area contributed by atoms with Crippen LogP contribution in [0.25, 0.3) is 0 Å². The highest BCUT2D eigenvalue weighted by molar-refractivity contribution is 5.86. The van der Waals surface area contributed by atoms with E-state index >= 15 is 0 Å². The van der Waals surface area contributed by atoms with Crippen molar-refractivity contribution in [1.29, 1.82) is 0 Å². The zero-order chi connectivity index (χ0) is 13.9. The SMILES string of the molecule is CCC1CCN(C(=O)NC2(C(=O)O)CCCCC2)C1. The average Bonchev–Trinajstić information content (AvgIpc) is 2.88. The van der Waals surface area contributed by atoms with Crippen molar-refractivity contribution >= 4 is 12.0 Å². The average molecular weight is 268 g/mol. The fourth-order valence-corrected chi connectivity index (χ4v) is 3.18. The Labute approximate surface area is 114 Å². The number of amides is 2. The minimum atomic E-state index is -1.03. The van der Waals surface area contributed by atoms with E-state index in [2.05, 4.69) is 12.2 Å². The van der Waals surface area contributed by atoms with Gasteiger partial charge in [0.05, 0.1) is 0 Å². The Morgan fingerprint density at radius 3 is 2.53 bits per heavy atom. The third-order valence-corrected chi connectivity index (χ3v) is 4.61. The Hall–Kier alpha value is -1.26. The zero-order valence-corrected chi connectivity index (χ0v) is 11.7. The number of carboxylic acid groups (broad SMARTS) is 1. The molecule has 1 aliphatic carbocycles. The van der Waals surface area contributed by atoms with Gasteiger partial charge in [-0.15, -0.1) is 0 Å². The summed E-state index contributed by atoms with van der Waals surface area (Å²) in [6, 6.07) is -0.194. The van der Waals surface area contributed by atoms with Gasteiger partial charge < -0.3 is 15.3 Å². The van der Waals surface area contributed by atoms with Crippen molar-refractivity contribution in [2.75, 3.05) is 13.1 Å². The predicted octanol–water partition coefficient (Wildman–Crippen LogP) is 2.22. The standard InChI is InChI=1S/C14H24N2O3/c1-2-11-6-9-16(10-11)13(19)15-14(12(17)18)7-4-3-5-8-14/h11H,2-10H2,1H3,(H,15,19)(H,17,18). The summed E-state index contributed by atoms with van der Waals surface area (Å²) in [5, 5.41) is 12.3. The second-order valence-corrected chi connectivity index (χ2v) is 5.89. The lowest BCUT2D eigenvalue weighted by Gasteiger charge is -2.35. The predicted molar refractivity (Wildman–Crippen MR) is 72.0 cm³/mol. The molecule has 1 saturated carbocycles. The maximum atomic E-state index is 12.2. The first-order valence-corrected chi connectivity index (χ1v) is 7.38. The summed E-state index contributed by atoms with van der Waals surface area (Å²) in [6.45, 7) is 3.64. The van der Waals surface area contributed by atoms with E-state index in [-0.39, 0.29) is 6.03 Å². The van der Waals surface area contributed by atoms with Gasteiger partial charge in [-0.25, -0.2) is 9.59 Å². The first kappa shape index (κ1) is 14.2. The van der Waals surface area contributed by atoms with Crippen LogP contribution in [0.15, 0.2) is 0 Å². The van der Waals surface area contributed by atoms with Gasteiger partial charge in [-0.05, 0) is 25.2 Å². The number of hydrogen-bond acceptors (Lipinski definition) is 2. The summed E-state index contributed by atoms with van der Waals surface area (Å²) in [6.07, 6.45) is 6.04. The largest absolute Gasteiger partial charge is 0.480 e. The van der Waals surface area contributed by atoms with Crippen LogP contribution in [-0.2, 0) is 4.79 Å². The maximum absolute atomic E-state index is 12.2. The van der Waals surface area contributed by atoms with Crippen LogP contribution in [-0.4, -0.2) is 40.6 Å². The van der Waals surface area contributed by atoms with Gasteiger partial charge in [-0.2, -0.15) is 0 Å². The molecule has 0 spiro atoms. The van der Waals surface area contributed by atoms with Crippen molar-refractivity contribution in [3.05, 3.63) is 0 Å². The molecule has 1 aliphatic heterocycles. The summed E-state index contributed by atoms with van der Waals surface area (Å²) in [5.74, 6) is -0.315. The molecule has 108 valence electrons. The smallest absolute Gasteiger partial charge is 0.329 e. The van der Waals surface area contributed by atoms with Gasteiger partial charge in [-0.1, -0.05) is 32.6 Å². The lowest BCUT2D eigenvalue weighted by atomic mass is 9.82. The van der Waals surface area contributed by atoms with Crippen LogP contribution >= 0.6 is 0 Å². The van der Waals surface area contributed by atoms with E-state index < -0.39 is 11.5 Å². The van der Waals surface area contributed by atoms with Crippen LogP contribution in [0.2, 0.25) is 0 Å². The second kappa shape index (κ2) is 5.80. The molecule has 0 bridgehead atoms. The van der Waals surface area contributed by atoms with E-state index in [0.29, 0.717) is 18.8 Å². The molecular formula is C14H24N2O3. The third-order valence-electron chi connectivity index (χ3n) is 4.61. The number of carbonyl (C=O) groups excluding carboxylic acids is 1. The number of aliphatic carboxylic acids is 1. The summed E-state index contributed by atoms with van der Waals surface area (Å²) >= 11 is 0. The first-order chi connectivity index (χ1) is 9.07. The number of carboxylic acids is 1. The molecule has 1 saturated heterocycles. The number of carbonyl (C=O) groups is 2. The van der Waals surface area contributed by atoms with Crippen LogP contribution in [0.1, 0.15) is 51.9 Å². The fraction of sp³-hybridized carbons (Fsp3) is 0.857. The third kappa shape index (κ3) is 3.01. The highest BCUT2D eigenvalue weighted by Gasteiger charge is 2.42. The fourth-order valence-electron chi connectivity index (χ4n) is 3.18. The topological polar surface area (TPSA) is 69.6 Å². The van der Waals surface area contributed by atoms with Gasteiger partial charge in [0, 0.05) is 13.1 Å². The lowest BCUT2D eigenvalue weighted by Crippen LogP contribution is -2.58. The molecule has 5 nitrogen and oxygen atoms in total. The molecule has 1 unspecified atom stereocenters. The minimum Gasteiger partial charge on any atom is -0.480 e. The Kier molecular flexibility index (Phi) is 4.32. The minimum absolute atomic E-state index is 0.194. The van der Waals surface area contributed by atoms with Crippen molar-refractivity contribution in [2.45, 2.75) is 57.4 Å². The molecule has 19 heavy (non-hydrogen) atoms. The molecule has 2 amide bonds. The van der Waals surface area contributed by atoms with E-state index in [1.165, 1.54) is 0 Å². The summed E-state index contributed by atoms with van der Waals surface area (Å²) in [4.78, 5) is 25.5. The second-order valence-electron chi connectivity index (χ2n) is 5.89. The van der Waals surface area contributed by atoms with Gasteiger partial charge in [0.25, 0.3) is 0 Å². The normalized spacial score (nSPS) is 26.2. The van der Waals surface area contributed by atoms with E-state index in [0.717, 1.165) is 45.2 Å². The molecule has 0 radical (unpaired) electrons. The molecule has 2 rings (SSSR count). The molecule has 1 heterocycles. The van der Waals surface area contributed by atoms with Gasteiger partial charge in [0.15, 0.2) is 0 Å². The van der Waals surface area contributed by atoms with Crippen molar-refractivity contribution in [2.24, 2.45) is 5.92 Å². The first-order valence-electron chi connectivity index (χ1n) is 7.38. The van der Waals surface area contributed by atoms with E-state index in [1.54, 1.807) is 4.90 Å². The number of likely N-dealkylation sites (tertiary alicyclic amines) is 1. The van der Waals surface area contributed by atoms with Crippen molar-refractivity contribution in [3.8, 4) is 0 Å². The van der Waals surface area contributed by atoms with Crippen LogP contribution in [0.3, 0.4) is 0 Å².